The van der Waals surface area contributed by atoms with E-state index < -0.39 is 0 Å². The maximum Gasteiger partial charge on any atom is 0.00753 e. The number of hydrogen-bond donors (Lipinski definition) is 0. The van der Waals surface area contributed by atoms with Gasteiger partial charge in [-0.15, -0.1) is 0 Å². The van der Waals surface area contributed by atoms with Gasteiger partial charge in [0.1, 0.15) is 0 Å². The Balaban J connectivity index is 1.86. The van der Waals surface area contributed by atoms with Crippen molar-refractivity contribution in [3.63, 3.8) is 0 Å². The first-order chi connectivity index (χ1) is 13.0. The Hall–Kier alpha value is -0.0800. The van der Waals surface area contributed by atoms with Gasteiger partial charge in [0, 0.05) is 36.3 Å². The fourth-order valence-corrected chi connectivity index (χ4v) is 7.09. The summed E-state index contributed by atoms with van der Waals surface area (Å²) in [5.74, 6) is 3.53. The average Bonchev–Trinajstić information content (AvgIpc) is 2.57. The molecule has 0 bridgehead atoms. The molecule has 0 aromatic heterocycles. The number of nitrogens with zero attached hydrogens (tertiary/aromatic N) is 2. The van der Waals surface area contributed by atoms with Crippen LogP contribution in [0.4, 0.5) is 0 Å². The summed E-state index contributed by atoms with van der Waals surface area (Å²) in [4.78, 5) is 5.60. The normalized spacial score (nSPS) is 38.1. The van der Waals surface area contributed by atoms with Crippen molar-refractivity contribution in [2.75, 3.05) is 0 Å². The maximum absolute atomic E-state index is 2.86. The summed E-state index contributed by atoms with van der Waals surface area (Å²) in [7, 11) is 0. The van der Waals surface area contributed by atoms with Gasteiger partial charge in [-0.3, -0.25) is 9.80 Å². The molecule has 2 nitrogen and oxygen atoms in total. The van der Waals surface area contributed by atoms with Crippen molar-refractivity contribution < 1.29 is 0 Å². The van der Waals surface area contributed by atoms with E-state index >= 15 is 0 Å². The molecule has 2 heterocycles. The lowest BCUT2D eigenvalue weighted by atomic mass is 9.76. The molecule has 0 radical (unpaired) electrons. The zero-order chi connectivity index (χ0) is 21.2. The van der Waals surface area contributed by atoms with Crippen LogP contribution in [0.2, 0.25) is 0 Å². The van der Waals surface area contributed by atoms with Crippen molar-refractivity contribution in [2.24, 2.45) is 23.7 Å². The van der Waals surface area contributed by atoms with Crippen molar-refractivity contribution in [1.29, 1.82) is 0 Å². The van der Waals surface area contributed by atoms with Gasteiger partial charge in [-0.2, -0.15) is 0 Å². The first-order valence-corrected chi connectivity index (χ1v) is 12.6. The lowest BCUT2D eigenvalue weighted by Crippen LogP contribution is -2.52. The Labute approximate surface area is 177 Å². The molecule has 0 saturated carbocycles. The number of hydrogen-bond acceptors (Lipinski definition) is 2. The Kier molecular flexibility index (Phi) is 8.89. The van der Waals surface area contributed by atoms with E-state index in [1.807, 2.05) is 0 Å². The third-order valence-corrected chi connectivity index (χ3v) is 8.50. The molecule has 166 valence electrons. The predicted octanol–water partition coefficient (Wildman–Crippen LogP) is 6.83. The Bertz CT molecular complexity index is 435. The molecule has 0 aromatic rings. The summed E-state index contributed by atoms with van der Waals surface area (Å²) < 4.78 is 0. The summed E-state index contributed by atoms with van der Waals surface area (Å²) >= 11 is 0. The molecule has 2 saturated heterocycles. The van der Waals surface area contributed by atoms with Crippen LogP contribution >= 0.6 is 0 Å². The van der Waals surface area contributed by atoms with Crippen LogP contribution in [-0.4, -0.2) is 46.1 Å². The average molecular weight is 393 g/mol. The highest BCUT2D eigenvalue weighted by Crippen LogP contribution is 2.37. The van der Waals surface area contributed by atoms with Gasteiger partial charge in [-0.25, -0.2) is 0 Å². The van der Waals surface area contributed by atoms with Gasteiger partial charge in [0.2, 0.25) is 0 Å². The first-order valence-electron chi connectivity index (χ1n) is 12.6. The minimum absolute atomic E-state index is 0.679. The van der Waals surface area contributed by atoms with Crippen LogP contribution in [0.5, 0.6) is 0 Å². The lowest BCUT2D eigenvalue weighted by molar-refractivity contribution is 0.0104. The lowest BCUT2D eigenvalue weighted by Gasteiger charge is -2.48. The van der Waals surface area contributed by atoms with Gasteiger partial charge in [-0.05, 0) is 111 Å². The zero-order valence-corrected chi connectivity index (χ0v) is 20.9. The van der Waals surface area contributed by atoms with Crippen LogP contribution in [0, 0.1) is 23.7 Å². The molecule has 2 fully saturated rings. The minimum Gasteiger partial charge on any atom is -0.296 e. The van der Waals surface area contributed by atoms with Crippen molar-refractivity contribution in [3.05, 3.63) is 0 Å². The zero-order valence-electron chi connectivity index (χ0n) is 20.9. The van der Waals surface area contributed by atoms with E-state index in [0.29, 0.717) is 6.04 Å². The quantitative estimate of drug-likeness (QED) is 0.468. The third kappa shape index (κ3) is 5.75. The van der Waals surface area contributed by atoms with Gasteiger partial charge in [0.25, 0.3) is 0 Å². The van der Waals surface area contributed by atoms with Crippen LogP contribution in [-0.2, 0) is 0 Å². The summed E-state index contributed by atoms with van der Waals surface area (Å²) in [5, 5.41) is 0. The maximum atomic E-state index is 2.86. The van der Waals surface area contributed by atoms with Crippen LogP contribution < -0.4 is 0 Å². The molecule has 2 heteroatoms. The molecule has 3 unspecified atom stereocenters. The van der Waals surface area contributed by atoms with Crippen LogP contribution in [0.25, 0.3) is 0 Å². The number of likely N-dealkylation sites (tertiary alicyclic amines) is 2. The monoisotopic (exact) mass is 392 g/mol. The van der Waals surface area contributed by atoms with Gasteiger partial charge in [0.05, 0.1) is 0 Å². The molecule has 0 N–H and O–H groups in total. The molecular weight excluding hydrogens is 340 g/mol. The fraction of sp³-hybridized carbons (Fsp3) is 1.00. The highest BCUT2D eigenvalue weighted by Gasteiger charge is 2.36. The molecule has 2 aliphatic heterocycles. The topological polar surface area (TPSA) is 6.48 Å². The van der Waals surface area contributed by atoms with E-state index in [1.165, 1.54) is 38.5 Å². The summed E-state index contributed by atoms with van der Waals surface area (Å²) in [6.45, 7) is 24.5. The van der Waals surface area contributed by atoms with E-state index in [4.69, 9.17) is 0 Å². The van der Waals surface area contributed by atoms with Crippen LogP contribution in [0.15, 0.2) is 0 Å². The minimum atomic E-state index is 0.679. The fourth-order valence-electron chi connectivity index (χ4n) is 7.09. The molecule has 0 amide bonds. The second-order valence-corrected chi connectivity index (χ2v) is 11.5. The Morgan fingerprint density at radius 2 is 1.04 bits per heavy atom. The van der Waals surface area contributed by atoms with Crippen LogP contribution in [0.1, 0.15) is 108 Å². The van der Waals surface area contributed by atoms with E-state index in [2.05, 4.69) is 79.0 Å². The van der Waals surface area contributed by atoms with E-state index in [9.17, 15) is 0 Å². The Morgan fingerprint density at radius 1 is 0.607 bits per heavy atom. The smallest absolute Gasteiger partial charge is 0.00753 e. The molecule has 7 atom stereocenters. The summed E-state index contributed by atoms with van der Waals surface area (Å²) in [5.41, 5.74) is 0. The highest BCUT2D eigenvalue weighted by atomic mass is 15.2. The predicted molar refractivity (Wildman–Crippen MR) is 125 cm³/mol. The van der Waals surface area contributed by atoms with Gasteiger partial charge in [-0.1, -0.05) is 20.8 Å². The SMILES string of the molecule is CC(C)C1C[C@@H](C)N(C(C)CCC(C)C2C[C@H](C)N(C(C)C)[C@@H](C)C2)[C@@H](C)C1. The second-order valence-electron chi connectivity index (χ2n) is 11.5. The molecule has 2 aliphatic rings. The largest absolute Gasteiger partial charge is 0.296 e. The second kappa shape index (κ2) is 10.3. The number of rotatable bonds is 7. The van der Waals surface area contributed by atoms with Gasteiger partial charge in [0.15, 0.2) is 0 Å². The third-order valence-electron chi connectivity index (χ3n) is 8.50. The molecule has 2 rings (SSSR count). The first kappa shape index (κ1) is 24.2. The summed E-state index contributed by atoms with van der Waals surface area (Å²) in [6.07, 6.45) is 8.34. The van der Waals surface area contributed by atoms with Crippen molar-refractivity contribution in [1.82, 2.24) is 9.80 Å². The molecule has 0 aromatic carbocycles. The summed E-state index contributed by atoms with van der Waals surface area (Å²) in [6, 6.07) is 4.38. The molecule has 0 spiro atoms. The van der Waals surface area contributed by atoms with E-state index in [0.717, 1.165) is 53.9 Å². The van der Waals surface area contributed by atoms with E-state index in [-0.39, 0.29) is 0 Å². The standard InChI is InChI=1S/C26H52N2/c1-17(2)25-13-23(9)28(24(10)14-25)20(6)12-11-19(5)26-15-21(7)27(18(3)4)22(8)16-26/h17-26H,11-16H2,1-10H3/t19?,20?,21-,22-,23-,24+,25?/m0/s1. The van der Waals surface area contributed by atoms with Gasteiger partial charge < -0.3 is 0 Å². The van der Waals surface area contributed by atoms with Crippen LogP contribution in [0.3, 0.4) is 0 Å². The molecular formula is C26H52N2. The highest BCUT2D eigenvalue weighted by molar-refractivity contribution is 4.90. The number of piperidine rings is 2. The van der Waals surface area contributed by atoms with E-state index in [1.54, 1.807) is 0 Å². The van der Waals surface area contributed by atoms with Gasteiger partial charge >= 0.3 is 0 Å². The van der Waals surface area contributed by atoms with Crippen molar-refractivity contribution in [2.45, 2.75) is 144 Å². The van der Waals surface area contributed by atoms with Crippen molar-refractivity contribution >= 4 is 0 Å². The van der Waals surface area contributed by atoms with Crippen molar-refractivity contribution in [3.8, 4) is 0 Å². The molecule has 0 aliphatic carbocycles. The molecule has 28 heavy (non-hydrogen) atoms. The Morgan fingerprint density at radius 3 is 1.46 bits per heavy atom.